The average molecular weight is 490 g/mol. The fraction of sp³-hybridized carbons (Fsp3) is 0.440. The van der Waals surface area contributed by atoms with E-state index in [1.807, 2.05) is 44.2 Å². The maximum atomic E-state index is 13.6. The molecule has 2 rings (SSSR count). The number of ether oxygens (including phenoxy) is 1. The number of unbranched alkanes of at least 4 members (excludes halogenated alkanes) is 1. The Bertz CT molecular complexity index is 1040. The van der Waals surface area contributed by atoms with Gasteiger partial charge in [-0.2, -0.15) is 0 Å². The van der Waals surface area contributed by atoms with E-state index in [0.29, 0.717) is 18.7 Å². The van der Waals surface area contributed by atoms with E-state index in [9.17, 15) is 18.0 Å². The zero-order valence-corrected chi connectivity index (χ0v) is 21.2. The lowest BCUT2D eigenvalue weighted by atomic mass is 10.1. The summed E-state index contributed by atoms with van der Waals surface area (Å²) in [6.45, 7) is 4.12. The monoisotopic (exact) mass is 489 g/mol. The van der Waals surface area contributed by atoms with Crippen LogP contribution in [0.1, 0.15) is 38.7 Å². The van der Waals surface area contributed by atoms with Crippen LogP contribution in [0.4, 0.5) is 5.69 Å². The van der Waals surface area contributed by atoms with Crippen molar-refractivity contribution in [3.05, 3.63) is 60.2 Å². The van der Waals surface area contributed by atoms with Crippen molar-refractivity contribution in [2.45, 2.75) is 45.7 Å². The minimum absolute atomic E-state index is 0.183. The van der Waals surface area contributed by atoms with Gasteiger partial charge in [-0.3, -0.25) is 13.9 Å². The second-order valence-electron chi connectivity index (χ2n) is 8.02. The normalized spacial score (nSPS) is 12.0. The molecule has 2 amide bonds. The van der Waals surface area contributed by atoms with Crippen LogP contribution in [0.3, 0.4) is 0 Å². The number of rotatable bonds is 13. The summed E-state index contributed by atoms with van der Waals surface area (Å²) in [5.74, 6) is -0.388. The first-order valence-electron chi connectivity index (χ1n) is 11.4. The second kappa shape index (κ2) is 13.0. The molecule has 1 atom stereocenters. The van der Waals surface area contributed by atoms with Crippen LogP contribution in [-0.2, 0) is 26.2 Å². The van der Waals surface area contributed by atoms with E-state index in [1.165, 1.54) is 12.0 Å². The molecule has 34 heavy (non-hydrogen) atoms. The molecule has 0 saturated heterocycles. The Morgan fingerprint density at radius 2 is 1.68 bits per heavy atom. The fourth-order valence-electron chi connectivity index (χ4n) is 3.64. The van der Waals surface area contributed by atoms with Crippen molar-refractivity contribution in [2.24, 2.45) is 0 Å². The standard InChI is InChI=1S/C25H35N3O5S/c1-5-7-17-26-25(30)21(6-2)27(18-20-13-9-8-10-14-20)24(29)19-28(34(4,31)32)22-15-11-12-16-23(22)33-3/h8-16,21H,5-7,17-19H2,1-4H3,(H,26,30)/t21-/m1/s1. The number of carbonyl (C=O) groups excluding carboxylic acids is 2. The van der Waals surface area contributed by atoms with E-state index in [0.717, 1.165) is 29.0 Å². The molecule has 2 aromatic carbocycles. The van der Waals surface area contributed by atoms with Gasteiger partial charge in [0, 0.05) is 13.1 Å². The van der Waals surface area contributed by atoms with E-state index in [-0.39, 0.29) is 18.1 Å². The number of sulfonamides is 1. The third-order valence-electron chi connectivity index (χ3n) is 5.44. The first kappa shape index (κ1) is 27.2. The highest BCUT2D eigenvalue weighted by Crippen LogP contribution is 2.29. The molecule has 8 nitrogen and oxygen atoms in total. The Labute approximate surface area is 202 Å². The van der Waals surface area contributed by atoms with Gasteiger partial charge in [0.25, 0.3) is 0 Å². The SMILES string of the molecule is CCCCNC(=O)[C@@H](CC)N(Cc1ccccc1)C(=O)CN(c1ccccc1OC)S(C)(=O)=O. The molecular formula is C25H35N3O5S. The van der Waals surface area contributed by atoms with Gasteiger partial charge in [0.2, 0.25) is 21.8 Å². The molecule has 2 aromatic rings. The van der Waals surface area contributed by atoms with Crippen LogP contribution >= 0.6 is 0 Å². The summed E-state index contributed by atoms with van der Waals surface area (Å²) in [5, 5.41) is 2.90. The Kier molecular flexibility index (Phi) is 10.4. The first-order valence-corrected chi connectivity index (χ1v) is 13.3. The van der Waals surface area contributed by atoms with Crippen LogP contribution < -0.4 is 14.4 Å². The Balaban J connectivity index is 2.41. The smallest absolute Gasteiger partial charge is 0.244 e. The summed E-state index contributed by atoms with van der Waals surface area (Å²) in [6.07, 6.45) is 3.21. The largest absolute Gasteiger partial charge is 0.495 e. The molecule has 0 aliphatic heterocycles. The molecule has 0 heterocycles. The first-order chi connectivity index (χ1) is 16.2. The summed E-state index contributed by atoms with van der Waals surface area (Å²) in [6, 6.07) is 15.2. The molecule has 0 bridgehead atoms. The third kappa shape index (κ3) is 7.48. The van der Waals surface area contributed by atoms with Crippen LogP contribution in [-0.4, -0.2) is 57.6 Å². The summed E-state index contributed by atoms with van der Waals surface area (Å²) in [7, 11) is -2.38. The van der Waals surface area contributed by atoms with Gasteiger partial charge in [-0.25, -0.2) is 8.42 Å². The topological polar surface area (TPSA) is 96.0 Å². The predicted molar refractivity (Wildman–Crippen MR) is 134 cm³/mol. The van der Waals surface area contributed by atoms with Crippen molar-refractivity contribution in [3.8, 4) is 5.75 Å². The van der Waals surface area contributed by atoms with Gasteiger partial charge in [-0.15, -0.1) is 0 Å². The lowest BCUT2D eigenvalue weighted by molar-refractivity contribution is -0.140. The lowest BCUT2D eigenvalue weighted by Crippen LogP contribution is -2.52. The number of para-hydroxylation sites is 2. The Morgan fingerprint density at radius 1 is 1.03 bits per heavy atom. The van der Waals surface area contributed by atoms with Gasteiger partial charge in [0.15, 0.2) is 0 Å². The molecule has 0 aliphatic carbocycles. The van der Waals surface area contributed by atoms with Crippen LogP contribution in [0, 0.1) is 0 Å². The zero-order valence-electron chi connectivity index (χ0n) is 20.4. The Hall–Kier alpha value is -3.07. The zero-order chi connectivity index (χ0) is 25.1. The maximum absolute atomic E-state index is 13.6. The van der Waals surface area contributed by atoms with Crippen molar-refractivity contribution < 1.29 is 22.7 Å². The number of amides is 2. The molecule has 0 unspecified atom stereocenters. The molecule has 0 aliphatic rings. The van der Waals surface area contributed by atoms with Crippen molar-refractivity contribution in [1.82, 2.24) is 10.2 Å². The lowest BCUT2D eigenvalue weighted by Gasteiger charge is -2.33. The number of hydrogen-bond acceptors (Lipinski definition) is 5. The summed E-state index contributed by atoms with van der Waals surface area (Å²) < 4.78 is 31.7. The van der Waals surface area contributed by atoms with Crippen LogP contribution in [0.25, 0.3) is 0 Å². The predicted octanol–water partition coefficient (Wildman–Crippen LogP) is 3.18. The molecule has 0 radical (unpaired) electrons. The number of anilines is 1. The molecule has 0 aromatic heterocycles. The minimum atomic E-state index is -3.82. The number of nitrogens with zero attached hydrogens (tertiary/aromatic N) is 2. The van der Waals surface area contributed by atoms with E-state index < -0.39 is 28.5 Å². The number of benzene rings is 2. The third-order valence-corrected chi connectivity index (χ3v) is 6.57. The highest BCUT2D eigenvalue weighted by Gasteiger charge is 2.32. The second-order valence-corrected chi connectivity index (χ2v) is 9.92. The van der Waals surface area contributed by atoms with E-state index >= 15 is 0 Å². The number of carbonyl (C=O) groups is 2. The van der Waals surface area contributed by atoms with Crippen molar-refractivity contribution >= 4 is 27.5 Å². The van der Waals surface area contributed by atoms with Gasteiger partial charge in [-0.05, 0) is 30.5 Å². The maximum Gasteiger partial charge on any atom is 0.244 e. The van der Waals surface area contributed by atoms with Crippen molar-refractivity contribution in [1.29, 1.82) is 0 Å². The van der Waals surface area contributed by atoms with Crippen LogP contribution in [0.15, 0.2) is 54.6 Å². The molecular weight excluding hydrogens is 454 g/mol. The quantitative estimate of drug-likeness (QED) is 0.436. The van der Waals surface area contributed by atoms with Crippen molar-refractivity contribution in [2.75, 3.05) is 30.8 Å². The molecule has 1 N–H and O–H groups in total. The highest BCUT2D eigenvalue weighted by atomic mass is 32.2. The average Bonchev–Trinajstić information content (AvgIpc) is 2.82. The molecule has 0 fully saturated rings. The number of methoxy groups -OCH3 is 1. The van der Waals surface area contributed by atoms with Gasteiger partial charge in [0.05, 0.1) is 19.1 Å². The molecule has 0 spiro atoms. The number of hydrogen-bond donors (Lipinski definition) is 1. The molecule has 9 heteroatoms. The highest BCUT2D eigenvalue weighted by molar-refractivity contribution is 7.92. The van der Waals surface area contributed by atoms with Gasteiger partial charge in [0.1, 0.15) is 18.3 Å². The summed E-state index contributed by atoms with van der Waals surface area (Å²) in [4.78, 5) is 28.1. The summed E-state index contributed by atoms with van der Waals surface area (Å²) >= 11 is 0. The Morgan fingerprint density at radius 3 is 2.26 bits per heavy atom. The fourth-order valence-corrected chi connectivity index (χ4v) is 4.49. The molecule has 186 valence electrons. The minimum Gasteiger partial charge on any atom is -0.495 e. The van der Waals surface area contributed by atoms with Gasteiger partial charge < -0.3 is 15.0 Å². The van der Waals surface area contributed by atoms with E-state index in [4.69, 9.17) is 4.74 Å². The van der Waals surface area contributed by atoms with E-state index in [1.54, 1.807) is 24.3 Å². The summed E-state index contributed by atoms with van der Waals surface area (Å²) in [5.41, 5.74) is 1.11. The van der Waals surface area contributed by atoms with Crippen molar-refractivity contribution in [3.63, 3.8) is 0 Å². The van der Waals surface area contributed by atoms with Crippen LogP contribution in [0.2, 0.25) is 0 Å². The number of nitrogens with one attached hydrogen (secondary N) is 1. The van der Waals surface area contributed by atoms with E-state index in [2.05, 4.69) is 5.32 Å². The van der Waals surface area contributed by atoms with Gasteiger partial charge in [-0.1, -0.05) is 62.7 Å². The molecule has 0 saturated carbocycles. The van der Waals surface area contributed by atoms with Crippen LogP contribution in [0.5, 0.6) is 5.75 Å². The van der Waals surface area contributed by atoms with Gasteiger partial charge >= 0.3 is 0 Å².